The monoisotopic (exact) mass is 349 g/mol. The van der Waals surface area contributed by atoms with E-state index in [0.29, 0.717) is 24.5 Å². The maximum absolute atomic E-state index is 12.5. The van der Waals surface area contributed by atoms with Gasteiger partial charge in [0.1, 0.15) is 0 Å². The first-order valence-electron chi connectivity index (χ1n) is 8.99. The zero-order chi connectivity index (χ0) is 18.2. The minimum atomic E-state index is -0.432. The molecular formula is C21H23N3O2. The first-order valence-corrected chi connectivity index (χ1v) is 8.99. The predicted molar refractivity (Wildman–Crippen MR) is 103 cm³/mol. The molecule has 3 rings (SSSR count). The summed E-state index contributed by atoms with van der Waals surface area (Å²) in [5.74, 6) is 0.0417. The number of hydrogen-bond acceptors (Lipinski definition) is 5. The van der Waals surface area contributed by atoms with Gasteiger partial charge in [-0.25, -0.2) is 14.8 Å². The predicted octanol–water partition coefficient (Wildman–Crippen LogP) is 4.24. The van der Waals surface area contributed by atoms with Crippen LogP contribution in [0.15, 0.2) is 54.6 Å². The molecule has 0 bridgehead atoms. The van der Waals surface area contributed by atoms with E-state index in [1.165, 1.54) is 5.56 Å². The van der Waals surface area contributed by atoms with Crippen molar-refractivity contribution in [3.63, 3.8) is 0 Å². The zero-order valence-electron chi connectivity index (χ0n) is 14.9. The number of unbranched alkanes of at least 4 members (excludes halogenated alkanes) is 1. The number of carbonyl (C=O) groups excluding carboxylic acids is 1. The number of carbonyl (C=O) groups is 1. The maximum Gasteiger partial charge on any atom is 0.360 e. The van der Waals surface area contributed by atoms with Crippen molar-refractivity contribution < 1.29 is 9.53 Å². The largest absolute Gasteiger partial charge is 0.461 e. The molecule has 0 radical (unpaired) electrons. The molecule has 1 aromatic heterocycles. The van der Waals surface area contributed by atoms with Gasteiger partial charge in [-0.3, -0.25) is 0 Å². The highest BCUT2D eigenvalue weighted by atomic mass is 16.5. The van der Waals surface area contributed by atoms with Crippen molar-refractivity contribution in [3.05, 3.63) is 65.9 Å². The van der Waals surface area contributed by atoms with Gasteiger partial charge in [-0.05, 0) is 30.5 Å². The fraction of sp³-hybridized carbons (Fsp3) is 0.286. The summed E-state index contributed by atoms with van der Waals surface area (Å²) >= 11 is 0. The van der Waals surface area contributed by atoms with Crippen molar-refractivity contribution in [1.82, 2.24) is 9.97 Å². The third-order valence-electron chi connectivity index (χ3n) is 4.04. The minimum absolute atomic E-state index is 0.243. The number of hydrogen-bond donors (Lipinski definition) is 1. The van der Waals surface area contributed by atoms with Crippen LogP contribution in [0.5, 0.6) is 0 Å². The molecule has 0 saturated carbocycles. The Morgan fingerprint density at radius 3 is 2.42 bits per heavy atom. The molecule has 0 fully saturated rings. The number of nitrogens with one attached hydrogen (secondary N) is 1. The van der Waals surface area contributed by atoms with Crippen molar-refractivity contribution in [3.8, 4) is 0 Å². The number of esters is 1. The van der Waals surface area contributed by atoms with E-state index in [1.54, 1.807) is 0 Å². The minimum Gasteiger partial charge on any atom is -0.461 e. The quantitative estimate of drug-likeness (QED) is 0.487. The number of anilines is 1. The number of benzene rings is 2. The van der Waals surface area contributed by atoms with Crippen LogP contribution in [-0.2, 0) is 11.2 Å². The van der Waals surface area contributed by atoms with Crippen molar-refractivity contribution in [1.29, 1.82) is 0 Å². The fourth-order valence-corrected chi connectivity index (χ4v) is 2.61. The Morgan fingerprint density at radius 1 is 1.00 bits per heavy atom. The van der Waals surface area contributed by atoms with Crippen molar-refractivity contribution >= 4 is 22.8 Å². The standard InChI is InChI=1S/C21H23N3O2/c1-2-3-15-26-21(25)19-20(22-14-13-16-9-5-4-6-10-16)24-18-12-8-7-11-17(18)23-19/h4-12H,2-3,13-15H2,1H3,(H,22,24). The smallest absolute Gasteiger partial charge is 0.360 e. The number of fused-ring (bicyclic) bond motifs is 1. The average molecular weight is 349 g/mol. The van der Waals surface area contributed by atoms with E-state index in [9.17, 15) is 4.79 Å². The maximum atomic E-state index is 12.5. The average Bonchev–Trinajstić information content (AvgIpc) is 2.68. The molecule has 0 spiro atoms. The highest BCUT2D eigenvalue weighted by Gasteiger charge is 2.17. The molecule has 0 aliphatic carbocycles. The third-order valence-corrected chi connectivity index (χ3v) is 4.04. The van der Waals surface area contributed by atoms with E-state index >= 15 is 0 Å². The summed E-state index contributed by atoms with van der Waals surface area (Å²) in [6.45, 7) is 3.11. The van der Waals surface area contributed by atoms with Gasteiger partial charge in [0.2, 0.25) is 0 Å². The highest BCUT2D eigenvalue weighted by Crippen LogP contribution is 2.18. The van der Waals surface area contributed by atoms with E-state index in [-0.39, 0.29) is 5.69 Å². The van der Waals surface area contributed by atoms with E-state index < -0.39 is 5.97 Å². The Labute approximate surface area is 153 Å². The van der Waals surface area contributed by atoms with Gasteiger partial charge in [-0.15, -0.1) is 0 Å². The molecule has 26 heavy (non-hydrogen) atoms. The molecule has 0 saturated heterocycles. The second kappa shape index (κ2) is 8.94. The lowest BCUT2D eigenvalue weighted by Crippen LogP contribution is -2.16. The van der Waals surface area contributed by atoms with Gasteiger partial charge >= 0.3 is 5.97 Å². The molecule has 5 nitrogen and oxygen atoms in total. The van der Waals surface area contributed by atoms with E-state index in [1.807, 2.05) is 42.5 Å². The topological polar surface area (TPSA) is 64.1 Å². The van der Waals surface area contributed by atoms with Gasteiger partial charge in [0.05, 0.1) is 17.6 Å². The molecule has 5 heteroatoms. The second-order valence-electron chi connectivity index (χ2n) is 6.06. The van der Waals surface area contributed by atoms with Crippen LogP contribution in [0, 0.1) is 0 Å². The molecule has 2 aromatic carbocycles. The summed E-state index contributed by atoms with van der Waals surface area (Å²) in [5, 5.41) is 3.25. The van der Waals surface area contributed by atoms with Crippen molar-refractivity contribution in [2.24, 2.45) is 0 Å². The lowest BCUT2D eigenvalue weighted by atomic mass is 10.1. The summed E-state index contributed by atoms with van der Waals surface area (Å²) in [5.41, 5.74) is 2.90. The van der Waals surface area contributed by atoms with Crippen molar-refractivity contribution in [2.75, 3.05) is 18.5 Å². The van der Waals surface area contributed by atoms with Gasteiger partial charge in [0.25, 0.3) is 0 Å². The highest BCUT2D eigenvalue weighted by molar-refractivity contribution is 5.95. The zero-order valence-corrected chi connectivity index (χ0v) is 14.9. The Kier molecular flexibility index (Phi) is 6.14. The summed E-state index contributed by atoms with van der Waals surface area (Å²) in [6, 6.07) is 17.7. The molecule has 0 atom stereocenters. The summed E-state index contributed by atoms with van der Waals surface area (Å²) in [4.78, 5) is 21.5. The van der Waals surface area contributed by atoms with Gasteiger partial charge < -0.3 is 10.1 Å². The first-order chi connectivity index (χ1) is 12.8. The van der Waals surface area contributed by atoms with Crippen LogP contribution in [0.4, 0.5) is 5.82 Å². The number of para-hydroxylation sites is 2. The Bertz CT molecular complexity index is 866. The Balaban J connectivity index is 1.79. The molecule has 0 amide bonds. The third kappa shape index (κ3) is 4.57. The molecule has 1 N–H and O–H groups in total. The van der Waals surface area contributed by atoms with E-state index in [0.717, 1.165) is 24.8 Å². The fourth-order valence-electron chi connectivity index (χ4n) is 2.61. The molecular weight excluding hydrogens is 326 g/mol. The normalized spacial score (nSPS) is 10.7. The number of ether oxygens (including phenoxy) is 1. The number of nitrogens with zero attached hydrogens (tertiary/aromatic N) is 2. The van der Waals surface area contributed by atoms with Crippen LogP contribution in [0.25, 0.3) is 11.0 Å². The van der Waals surface area contributed by atoms with Crippen LogP contribution in [-0.4, -0.2) is 29.1 Å². The lowest BCUT2D eigenvalue weighted by Gasteiger charge is -2.11. The molecule has 0 aliphatic heterocycles. The second-order valence-corrected chi connectivity index (χ2v) is 6.06. The molecule has 3 aromatic rings. The van der Waals surface area contributed by atoms with Crippen LogP contribution < -0.4 is 5.32 Å². The lowest BCUT2D eigenvalue weighted by molar-refractivity contribution is 0.0494. The van der Waals surface area contributed by atoms with Crippen LogP contribution in [0.2, 0.25) is 0 Å². The molecule has 0 aliphatic rings. The Hall–Kier alpha value is -2.95. The van der Waals surface area contributed by atoms with Crippen LogP contribution in [0.3, 0.4) is 0 Å². The molecule has 134 valence electrons. The van der Waals surface area contributed by atoms with Crippen LogP contribution >= 0.6 is 0 Å². The van der Waals surface area contributed by atoms with Gasteiger partial charge in [0, 0.05) is 6.54 Å². The van der Waals surface area contributed by atoms with Gasteiger partial charge in [0.15, 0.2) is 11.5 Å². The Morgan fingerprint density at radius 2 is 1.69 bits per heavy atom. The SMILES string of the molecule is CCCCOC(=O)c1nc2ccccc2nc1NCCc1ccccc1. The number of rotatable bonds is 8. The summed E-state index contributed by atoms with van der Waals surface area (Å²) in [7, 11) is 0. The molecule has 1 heterocycles. The van der Waals surface area contributed by atoms with Gasteiger partial charge in [-0.2, -0.15) is 0 Å². The number of aromatic nitrogens is 2. The molecule has 0 unspecified atom stereocenters. The van der Waals surface area contributed by atoms with E-state index in [4.69, 9.17) is 4.74 Å². The van der Waals surface area contributed by atoms with Crippen molar-refractivity contribution in [2.45, 2.75) is 26.2 Å². The van der Waals surface area contributed by atoms with Gasteiger partial charge in [-0.1, -0.05) is 55.8 Å². The van der Waals surface area contributed by atoms with Crippen LogP contribution in [0.1, 0.15) is 35.8 Å². The first kappa shape index (κ1) is 17.9. The summed E-state index contributed by atoms with van der Waals surface area (Å²) < 4.78 is 5.34. The van der Waals surface area contributed by atoms with E-state index in [2.05, 4.69) is 34.3 Å². The summed E-state index contributed by atoms with van der Waals surface area (Å²) in [6.07, 6.45) is 2.64.